The van der Waals surface area contributed by atoms with Gasteiger partial charge < -0.3 is 5.32 Å². The molecule has 1 N–H and O–H groups in total. The van der Waals surface area contributed by atoms with Crippen molar-refractivity contribution >= 4 is 21.4 Å². The molecule has 4 nitrogen and oxygen atoms in total. The summed E-state index contributed by atoms with van der Waals surface area (Å²) in [5.41, 5.74) is 0. The van der Waals surface area contributed by atoms with Crippen LogP contribution >= 0.6 is 11.3 Å². The Balaban J connectivity index is 2.79. The average Bonchev–Trinajstić information content (AvgIpc) is 2.85. The van der Waals surface area contributed by atoms with Crippen LogP contribution < -0.4 is 5.32 Å². The van der Waals surface area contributed by atoms with Crippen LogP contribution in [0.4, 0.5) is 0 Å². The van der Waals surface area contributed by atoms with Crippen molar-refractivity contribution in [3.8, 4) is 0 Å². The molecule has 0 spiro atoms. The molecular formula is C14H26N2O2S2. The Morgan fingerprint density at radius 2 is 2.10 bits per heavy atom. The Morgan fingerprint density at radius 1 is 1.40 bits per heavy atom. The molecule has 1 aromatic heterocycles. The van der Waals surface area contributed by atoms with Gasteiger partial charge in [0.15, 0.2) is 0 Å². The van der Waals surface area contributed by atoms with Gasteiger partial charge in [0.1, 0.15) is 0 Å². The number of hydrogen-bond acceptors (Lipinski definition) is 4. The summed E-state index contributed by atoms with van der Waals surface area (Å²) >= 11 is 1.50. The van der Waals surface area contributed by atoms with E-state index in [0.717, 1.165) is 24.3 Å². The second kappa shape index (κ2) is 8.12. The zero-order chi connectivity index (χ0) is 15.2. The van der Waals surface area contributed by atoms with Gasteiger partial charge in [0.05, 0.1) is 4.90 Å². The maximum Gasteiger partial charge on any atom is 0.243 e. The summed E-state index contributed by atoms with van der Waals surface area (Å²) in [6, 6.07) is 1.72. The molecule has 20 heavy (non-hydrogen) atoms. The summed E-state index contributed by atoms with van der Waals surface area (Å²) in [4.78, 5) is 1.35. The molecule has 1 heterocycles. The second-order valence-corrected chi connectivity index (χ2v) is 8.41. The maximum atomic E-state index is 12.6. The van der Waals surface area contributed by atoms with Gasteiger partial charge in [-0.15, -0.1) is 11.3 Å². The molecule has 0 saturated heterocycles. The molecule has 0 aliphatic carbocycles. The summed E-state index contributed by atoms with van der Waals surface area (Å²) in [7, 11) is -1.69. The zero-order valence-corrected chi connectivity index (χ0v) is 14.5. The average molecular weight is 319 g/mol. The van der Waals surface area contributed by atoms with Crippen molar-refractivity contribution in [1.82, 2.24) is 9.62 Å². The van der Waals surface area contributed by atoms with Crippen molar-refractivity contribution in [1.29, 1.82) is 0 Å². The standard InChI is InChI=1S/C14H26N2O2S2/c1-5-8-15-11-13-14(7-10-19-13)20(17,18)16(4)9-6-12(2)3/h7,10,12,15H,5-6,8-9,11H2,1-4H3. The molecule has 0 aliphatic heterocycles. The molecular weight excluding hydrogens is 292 g/mol. The minimum atomic E-state index is -3.36. The number of nitrogens with one attached hydrogen (secondary N) is 1. The van der Waals surface area contributed by atoms with Crippen LogP contribution in [0, 0.1) is 5.92 Å². The third-order valence-electron chi connectivity index (χ3n) is 3.13. The molecule has 0 amide bonds. The van der Waals surface area contributed by atoms with Crippen molar-refractivity contribution in [2.45, 2.75) is 45.1 Å². The predicted molar refractivity (Wildman–Crippen MR) is 85.6 cm³/mol. The van der Waals surface area contributed by atoms with E-state index in [0.29, 0.717) is 23.9 Å². The van der Waals surface area contributed by atoms with E-state index < -0.39 is 10.0 Å². The molecule has 116 valence electrons. The van der Waals surface area contributed by atoms with E-state index in [1.54, 1.807) is 13.1 Å². The first-order valence-electron chi connectivity index (χ1n) is 7.13. The Hall–Kier alpha value is -0.430. The lowest BCUT2D eigenvalue weighted by molar-refractivity contribution is 0.427. The smallest absolute Gasteiger partial charge is 0.243 e. The second-order valence-electron chi connectivity index (χ2n) is 5.39. The topological polar surface area (TPSA) is 49.4 Å². The predicted octanol–water partition coefficient (Wildman–Crippen LogP) is 2.91. The Kier molecular flexibility index (Phi) is 7.15. The van der Waals surface area contributed by atoms with Crippen molar-refractivity contribution < 1.29 is 8.42 Å². The van der Waals surface area contributed by atoms with Gasteiger partial charge in [-0.25, -0.2) is 12.7 Å². The largest absolute Gasteiger partial charge is 0.312 e. The molecule has 6 heteroatoms. The van der Waals surface area contributed by atoms with Gasteiger partial charge >= 0.3 is 0 Å². The van der Waals surface area contributed by atoms with Crippen molar-refractivity contribution in [3.05, 3.63) is 16.3 Å². The fourth-order valence-corrected chi connectivity index (χ4v) is 4.36. The molecule has 0 atom stereocenters. The molecule has 0 saturated carbocycles. The maximum absolute atomic E-state index is 12.6. The highest BCUT2D eigenvalue weighted by Crippen LogP contribution is 2.25. The van der Waals surface area contributed by atoms with Crippen LogP contribution in [0.15, 0.2) is 16.3 Å². The quantitative estimate of drug-likeness (QED) is 0.712. The van der Waals surface area contributed by atoms with Crippen molar-refractivity contribution in [3.63, 3.8) is 0 Å². The van der Waals surface area contributed by atoms with Crippen LogP contribution in [0.25, 0.3) is 0 Å². The fourth-order valence-electron chi connectivity index (χ4n) is 1.79. The van der Waals surface area contributed by atoms with Gasteiger partial charge in [-0.05, 0) is 36.8 Å². The summed E-state index contributed by atoms with van der Waals surface area (Å²) < 4.78 is 26.6. The van der Waals surface area contributed by atoms with Crippen LogP contribution in [0.2, 0.25) is 0 Å². The lowest BCUT2D eigenvalue weighted by atomic mass is 10.1. The molecule has 1 rings (SSSR count). The number of hydrogen-bond donors (Lipinski definition) is 1. The van der Waals surface area contributed by atoms with E-state index >= 15 is 0 Å². The first kappa shape index (κ1) is 17.6. The first-order valence-corrected chi connectivity index (χ1v) is 9.45. The lowest BCUT2D eigenvalue weighted by Crippen LogP contribution is -2.29. The third-order valence-corrected chi connectivity index (χ3v) is 6.12. The summed E-state index contributed by atoms with van der Waals surface area (Å²) in [6.45, 7) is 8.39. The number of nitrogens with zero attached hydrogens (tertiary/aromatic N) is 1. The number of sulfonamides is 1. The van der Waals surface area contributed by atoms with E-state index in [1.807, 2.05) is 5.38 Å². The van der Waals surface area contributed by atoms with E-state index in [1.165, 1.54) is 15.6 Å². The Morgan fingerprint density at radius 3 is 2.70 bits per heavy atom. The van der Waals surface area contributed by atoms with E-state index in [4.69, 9.17) is 0 Å². The summed E-state index contributed by atoms with van der Waals surface area (Å²) in [5.74, 6) is 0.501. The van der Waals surface area contributed by atoms with Gasteiger partial charge in [0, 0.05) is 25.0 Å². The summed E-state index contributed by atoms with van der Waals surface area (Å²) in [6.07, 6.45) is 1.92. The highest BCUT2D eigenvalue weighted by molar-refractivity contribution is 7.89. The van der Waals surface area contributed by atoms with Gasteiger partial charge in [0.2, 0.25) is 10.0 Å². The van der Waals surface area contributed by atoms with Crippen LogP contribution in [-0.2, 0) is 16.6 Å². The molecule has 0 fully saturated rings. The van der Waals surface area contributed by atoms with Crippen LogP contribution in [0.1, 0.15) is 38.5 Å². The van der Waals surface area contributed by atoms with Gasteiger partial charge in [-0.1, -0.05) is 20.8 Å². The highest BCUT2D eigenvalue weighted by atomic mass is 32.2. The third kappa shape index (κ3) is 4.84. The number of thiophene rings is 1. The molecule has 0 radical (unpaired) electrons. The highest BCUT2D eigenvalue weighted by Gasteiger charge is 2.24. The summed E-state index contributed by atoms with van der Waals surface area (Å²) in [5, 5.41) is 5.12. The Bertz CT molecular complexity index is 495. The van der Waals surface area contributed by atoms with Crippen molar-refractivity contribution in [2.75, 3.05) is 20.1 Å². The molecule has 1 aromatic rings. The first-order chi connectivity index (χ1) is 9.39. The SMILES string of the molecule is CCCNCc1sccc1S(=O)(=O)N(C)CCC(C)C. The minimum absolute atomic E-state index is 0.456. The molecule has 0 aliphatic rings. The van der Waals surface area contributed by atoms with Crippen LogP contribution in [-0.4, -0.2) is 32.9 Å². The molecule has 0 aromatic carbocycles. The van der Waals surface area contributed by atoms with E-state index in [2.05, 4.69) is 26.1 Å². The van der Waals surface area contributed by atoms with Crippen LogP contribution in [0.5, 0.6) is 0 Å². The fraction of sp³-hybridized carbons (Fsp3) is 0.714. The monoisotopic (exact) mass is 318 g/mol. The minimum Gasteiger partial charge on any atom is -0.312 e. The zero-order valence-electron chi connectivity index (χ0n) is 12.8. The van der Waals surface area contributed by atoms with Gasteiger partial charge in [-0.3, -0.25) is 0 Å². The number of rotatable bonds is 9. The normalized spacial score (nSPS) is 12.5. The Labute approximate surface area is 127 Å². The van der Waals surface area contributed by atoms with Gasteiger partial charge in [-0.2, -0.15) is 0 Å². The van der Waals surface area contributed by atoms with Crippen LogP contribution in [0.3, 0.4) is 0 Å². The molecule has 0 bridgehead atoms. The molecule has 0 unspecified atom stereocenters. The van der Waals surface area contributed by atoms with E-state index in [-0.39, 0.29) is 0 Å². The van der Waals surface area contributed by atoms with Crippen molar-refractivity contribution in [2.24, 2.45) is 5.92 Å². The van der Waals surface area contributed by atoms with E-state index in [9.17, 15) is 8.42 Å². The van der Waals surface area contributed by atoms with Gasteiger partial charge in [0.25, 0.3) is 0 Å². The lowest BCUT2D eigenvalue weighted by Gasteiger charge is -2.18.